The molecule has 3 heteroatoms. The summed E-state index contributed by atoms with van der Waals surface area (Å²) in [6.07, 6.45) is 7.91. The SMILES string of the molecule is CCC1(C)CCN(C(=O)C2CCCCC2N)CC1. The molecule has 0 radical (unpaired) electrons. The van der Waals surface area contributed by atoms with Gasteiger partial charge in [0, 0.05) is 19.1 Å². The minimum absolute atomic E-state index is 0.102. The van der Waals surface area contributed by atoms with Gasteiger partial charge < -0.3 is 10.6 Å². The first-order valence-corrected chi connectivity index (χ1v) is 7.60. The minimum Gasteiger partial charge on any atom is -0.342 e. The van der Waals surface area contributed by atoms with E-state index in [9.17, 15) is 4.79 Å². The summed E-state index contributed by atoms with van der Waals surface area (Å²) in [6.45, 7) is 6.48. The Balaban J connectivity index is 1.91. The lowest BCUT2D eigenvalue weighted by atomic mass is 9.77. The lowest BCUT2D eigenvalue weighted by Crippen LogP contribution is -2.49. The van der Waals surface area contributed by atoms with E-state index in [2.05, 4.69) is 18.7 Å². The molecule has 0 spiro atoms. The van der Waals surface area contributed by atoms with Crippen molar-refractivity contribution in [3.8, 4) is 0 Å². The number of hydrogen-bond acceptors (Lipinski definition) is 2. The summed E-state index contributed by atoms with van der Waals surface area (Å²) in [4.78, 5) is 14.6. The molecule has 3 nitrogen and oxygen atoms in total. The van der Waals surface area contributed by atoms with E-state index in [1.54, 1.807) is 0 Å². The second kappa shape index (κ2) is 5.60. The Hall–Kier alpha value is -0.570. The van der Waals surface area contributed by atoms with Gasteiger partial charge in [0.2, 0.25) is 5.91 Å². The van der Waals surface area contributed by atoms with Gasteiger partial charge in [-0.05, 0) is 31.1 Å². The number of rotatable bonds is 2. The fraction of sp³-hybridized carbons (Fsp3) is 0.933. The molecule has 2 atom stereocenters. The van der Waals surface area contributed by atoms with E-state index in [1.807, 2.05) is 0 Å². The lowest BCUT2D eigenvalue weighted by molar-refractivity contribution is -0.139. The molecule has 1 amide bonds. The largest absolute Gasteiger partial charge is 0.342 e. The highest BCUT2D eigenvalue weighted by Gasteiger charge is 2.35. The molecular weight excluding hydrogens is 224 g/mol. The van der Waals surface area contributed by atoms with Crippen LogP contribution >= 0.6 is 0 Å². The summed E-state index contributed by atoms with van der Waals surface area (Å²) in [5.74, 6) is 0.435. The van der Waals surface area contributed by atoms with Gasteiger partial charge in [0.25, 0.3) is 0 Å². The first-order chi connectivity index (χ1) is 8.56. The van der Waals surface area contributed by atoms with E-state index in [4.69, 9.17) is 5.73 Å². The summed E-state index contributed by atoms with van der Waals surface area (Å²) >= 11 is 0. The molecule has 0 aromatic carbocycles. The van der Waals surface area contributed by atoms with Gasteiger partial charge in [-0.1, -0.05) is 33.1 Å². The Labute approximate surface area is 111 Å². The second-order valence-electron chi connectivity index (χ2n) is 6.54. The Morgan fingerprint density at radius 1 is 1.28 bits per heavy atom. The first-order valence-electron chi connectivity index (χ1n) is 7.60. The van der Waals surface area contributed by atoms with Crippen LogP contribution in [0.2, 0.25) is 0 Å². The van der Waals surface area contributed by atoms with Gasteiger partial charge in [-0.2, -0.15) is 0 Å². The van der Waals surface area contributed by atoms with Crippen molar-refractivity contribution in [2.45, 2.75) is 64.8 Å². The Morgan fingerprint density at radius 2 is 1.89 bits per heavy atom. The third-order valence-corrected chi connectivity index (χ3v) is 5.27. The predicted molar refractivity (Wildman–Crippen MR) is 74.1 cm³/mol. The number of hydrogen-bond donors (Lipinski definition) is 1. The zero-order valence-corrected chi connectivity index (χ0v) is 12.0. The molecule has 2 fully saturated rings. The number of carbonyl (C=O) groups is 1. The maximum absolute atomic E-state index is 12.5. The summed E-state index contributed by atoms with van der Waals surface area (Å²) in [5, 5.41) is 0. The summed E-state index contributed by atoms with van der Waals surface area (Å²) < 4.78 is 0. The van der Waals surface area contributed by atoms with E-state index in [0.29, 0.717) is 11.3 Å². The zero-order valence-electron chi connectivity index (χ0n) is 12.0. The van der Waals surface area contributed by atoms with E-state index >= 15 is 0 Å². The van der Waals surface area contributed by atoms with Gasteiger partial charge >= 0.3 is 0 Å². The van der Waals surface area contributed by atoms with Crippen LogP contribution < -0.4 is 5.73 Å². The van der Waals surface area contributed by atoms with Crippen LogP contribution in [0.4, 0.5) is 0 Å². The van der Waals surface area contributed by atoms with Crippen molar-refractivity contribution in [1.82, 2.24) is 4.90 Å². The average molecular weight is 252 g/mol. The molecule has 1 heterocycles. The maximum Gasteiger partial charge on any atom is 0.227 e. The molecule has 1 saturated carbocycles. The Morgan fingerprint density at radius 3 is 2.44 bits per heavy atom. The van der Waals surface area contributed by atoms with Crippen molar-refractivity contribution < 1.29 is 4.79 Å². The van der Waals surface area contributed by atoms with Gasteiger partial charge in [0.05, 0.1) is 5.92 Å². The highest BCUT2D eigenvalue weighted by molar-refractivity contribution is 5.79. The fourth-order valence-electron chi connectivity index (χ4n) is 3.32. The van der Waals surface area contributed by atoms with Crippen LogP contribution in [0, 0.1) is 11.3 Å². The Kier molecular flexibility index (Phi) is 4.31. The molecule has 0 aromatic heterocycles. The molecule has 1 aliphatic carbocycles. The number of amides is 1. The second-order valence-corrected chi connectivity index (χ2v) is 6.54. The van der Waals surface area contributed by atoms with Crippen LogP contribution in [0.1, 0.15) is 58.8 Å². The molecule has 18 heavy (non-hydrogen) atoms. The normalized spacial score (nSPS) is 32.3. The van der Waals surface area contributed by atoms with Crippen LogP contribution in [-0.4, -0.2) is 29.9 Å². The van der Waals surface area contributed by atoms with Crippen LogP contribution in [0.15, 0.2) is 0 Å². The smallest absolute Gasteiger partial charge is 0.227 e. The van der Waals surface area contributed by atoms with Crippen LogP contribution in [0.3, 0.4) is 0 Å². The van der Waals surface area contributed by atoms with E-state index in [1.165, 1.54) is 19.3 Å². The molecule has 2 rings (SSSR count). The molecule has 2 aliphatic rings. The van der Waals surface area contributed by atoms with Gasteiger partial charge in [-0.25, -0.2) is 0 Å². The van der Waals surface area contributed by atoms with Gasteiger partial charge in [-0.15, -0.1) is 0 Å². The number of likely N-dealkylation sites (tertiary alicyclic amines) is 1. The molecule has 104 valence electrons. The zero-order chi connectivity index (χ0) is 13.2. The van der Waals surface area contributed by atoms with E-state index < -0.39 is 0 Å². The van der Waals surface area contributed by atoms with Crippen molar-refractivity contribution in [1.29, 1.82) is 0 Å². The summed E-state index contributed by atoms with van der Waals surface area (Å²) in [7, 11) is 0. The number of nitrogens with two attached hydrogens (primary N) is 1. The molecule has 2 unspecified atom stereocenters. The van der Waals surface area contributed by atoms with Gasteiger partial charge in [-0.3, -0.25) is 4.79 Å². The van der Waals surface area contributed by atoms with Gasteiger partial charge in [0.15, 0.2) is 0 Å². The monoisotopic (exact) mass is 252 g/mol. The Bertz CT molecular complexity index is 295. The average Bonchev–Trinajstić information content (AvgIpc) is 2.39. The predicted octanol–water partition coefficient (Wildman–Crippen LogP) is 2.54. The molecule has 2 N–H and O–H groups in total. The maximum atomic E-state index is 12.5. The van der Waals surface area contributed by atoms with Crippen molar-refractivity contribution in [3.63, 3.8) is 0 Å². The number of nitrogens with zero attached hydrogens (tertiary/aromatic N) is 1. The van der Waals surface area contributed by atoms with Gasteiger partial charge in [0.1, 0.15) is 0 Å². The van der Waals surface area contributed by atoms with Crippen molar-refractivity contribution in [2.75, 3.05) is 13.1 Å². The van der Waals surface area contributed by atoms with Crippen molar-refractivity contribution in [3.05, 3.63) is 0 Å². The first kappa shape index (κ1) is 13.9. The van der Waals surface area contributed by atoms with Crippen LogP contribution in [0.25, 0.3) is 0 Å². The highest BCUT2D eigenvalue weighted by atomic mass is 16.2. The van der Waals surface area contributed by atoms with E-state index in [0.717, 1.165) is 38.8 Å². The van der Waals surface area contributed by atoms with E-state index in [-0.39, 0.29) is 12.0 Å². The van der Waals surface area contributed by atoms with Crippen LogP contribution in [0.5, 0.6) is 0 Å². The molecular formula is C15H28N2O. The molecule has 1 saturated heterocycles. The number of carbonyl (C=O) groups excluding carboxylic acids is 1. The summed E-state index contributed by atoms with van der Waals surface area (Å²) in [6, 6.07) is 0.103. The topological polar surface area (TPSA) is 46.3 Å². The van der Waals surface area contributed by atoms with Crippen molar-refractivity contribution in [2.24, 2.45) is 17.1 Å². The lowest BCUT2D eigenvalue weighted by Gasteiger charge is -2.41. The third-order valence-electron chi connectivity index (χ3n) is 5.27. The summed E-state index contributed by atoms with van der Waals surface area (Å²) in [5.41, 5.74) is 6.57. The van der Waals surface area contributed by atoms with Crippen LogP contribution in [-0.2, 0) is 4.79 Å². The third kappa shape index (κ3) is 2.87. The van der Waals surface area contributed by atoms with Crippen molar-refractivity contribution >= 4 is 5.91 Å². The fourth-order valence-corrected chi connectivity index (χ4v) is 3.32. The quantitative estimate of drug-likeness (QED) is 0.821. The minimum atomic E-state index is 0.102. The molecule has 1 aliphatic heterocycles. The highest BCUT2D eigenvalue weighted by Crippen LogP contribution is 2.35. The molecule has 0 aromatic rings. The number of piperidine rings is 1. The standard InChI is InChI=1S/C15H28N2O/c1-3-15(2)8-10-17(11-9-15)14(18)12-6-4-5-7-13(12)16/h12-13H,3-11,16H2,1-2H3. The molecule has 0 bridgehead atoms.